The highest BCUT2D eigenvalue weighted by Crippen LogP contribution is 2.36. The number of benzene rings is 2. The smallest absolute Gasteiger partial charge is 0.407 e. The molecule has 298 valence electrons. The van der Waals surface area contributed by atoms with Gasteiger partial charge in [0.15, 0.2) is 0 Å². The normalized spacial score (nSPS) is 20.3. The van der Waals surface area contributed by atoms with E-state index in [2.05, 4.69) is 64.1 Å². The molecule has 2 saturated heterocycles. The van der Waals surface area contributed by atoms with Crippen LogP contribution in [-0.2, 0) is 19.1 Å². The van der Waals surface area contributed by atoms with Crippen LogP contribution >= 0.6 is 0 Å². The molecular formula is C43H55N7O6. The lowest BCUT2D eigenvalue weighted by Gasteiger charge is -2.38. The zero-order chi connectivity index (χ0) is 40.4. The van der Waals surface area contributed by atoms with E-state index >= 15 is 0 Å². The van der Waals surface area contributed by atoms with Crippen molar-refractivity contribution in [2.75, 3.05) is 27.3 Å². The summed E-state index contributed by atoms with van der Waals surface area (Å²) in [7, 11) is 2.60. The number of alkyl carbamates (subject to hydrolysis) is 2. The number of amides is 4. The first-order valence-corrected chi connectivity index (χ1v) is 19.6. The van der Waals surface area contributed by atoms with Gasteiger partial charge in [0.1, 0.15) is 16.9 Å². The van der Waals surface area contributed by atoms with Gasteiger partial charge in [-0.1, -0.05) is 76.2 Å². The van der Waals surface area contributed by atoms with Gasteiger partial charge in [0.2, 0.25) is 11.8 Å². The molecule has 3 aliphatic heterocycles. The molecule has 4 atom stereocenters. The molecule has 4 amide bonds. The van der Waals surface area contributed by atoms with Crippen molar-refractivity contribution in [3.8, 4) is 22.4 Å². The van der Waals surface area contributed by atoms with Gasteiger partial charge in [0.25, 0.3) is 0 Å². The van der Waals surface area contributed by atoms with Gasteiger partial charge in [-0.05, 0) is 79.2 Å². The van der Waals surface area contributed by atoms with E-state index in [0.29, 0.717) is 19.5 Å². The zero-order valence-corrected chi connectivity index (χ0v) is 33.8. The number of likely N-dealkylation sites (tertiary alicyclic amines) is 2. The minimum absolute atomic E-state index is 0.117. The summed E-state index contributed by atoms with van der Waals surface area (Å²) >= 11 is 0. The molecule has 6 rings (SSSR count). The Balaban J connectivity index is 1.09. The predicted molar refractivity (Wildman–Crippen MR) is 215 cm³/mol. The molecule has 3 aromatic rings. The Morgan fingerprint density at radius 1 is 0.732 bits per heavy atom. The summed E-state index contributed by atoms with van der Waals surface area (Å²) in [5, 5.41) is 5.56. The molecule has 13 heteroatoms. The van der Waals surface area contributed by atoms with Crippen molar-refractivity contribution < 1.29 is 28.7 Å². The second-order valence-corrected chi connectivity index (χ2v) is 16.0. The fourth-order valence-electron chi connectivity index (χ4n) is 7.86. The number of hydrogen-bond donors (Lipinski definition) is 3. The summed E-state index contributed by atoms with van der Waals surface area (Å²) in [6, 6.07) is 16.4. The number of aromatic amines is 1. The number of nitrogens with zero attached hydrogens (tertiary/aromatic N) is 4. The highest BCUT2D eigenvalue weighted by atomic mass is 16.5. The monoisotopic (exact) mass is 765 g/mol. The Morgan fingerprint density at radius 2 is 1.20 bits per heavy atom. The standard InChI is InChI=1S/C43H55N7O6/c1-26(2)42(5,47-40(53)55-7)38(51)49-21-9-11-35(49)33-23-32(24-44-33)30-15-13-28(14-16-30)29-17-19-31(20-18-29)34-25-45-37(46-34)36-12-10-22-50(36)39(52)43(6,27(3)4)48-41(54)56-8/h13-20,24-27,35-36H,9-12,21-23H2,1-8H3,(H,45,46)(H,47,53)(H,48,54)/t35-,36?,42-,43-/m0/s1. The van der Waals surface area contributed by atoms with Crippen molar-refractivity contribution >= 4 is 35.3 Å². The third-order valence-corrected chi connectivity index (χ3v) is 12.2. The van der Waals surface area contributed by atoms with Crippen LogP contribution in [0.15, 0.2) is 65.9 Å². The number of ether oxygens (including phenoxy) is 2. The lowest BCUT2D eigenvalue weighted by Crippen LogP contribution is -2.62. The van der Waals surface area contributed by atoms with Crippen molar-refractivity contribution in [1.29, 1.82) is 0 Å². The summed E-state index contributed by atoms with van der Waals surface area (Å²) in [4.78, 5) is 68.7. The molecule has 0 spiro atoms. The lowest BCUT2D eigenvalue weighted by molar-refractivity contribution is -0.140. The van der Waals surface area contributed by atoms with Gasteiger partial charge in [-0.25, -0.2) is 14.6 Å². The highest BCUT2D eigenvalue weighted by Gasteiger charge is 2.47. The van der Waals surface area contributed by atoms with Crippen molar-refractivity contribution in [2.24, 2.45) is 16.8 Å². The molecule has 0 saturated carbocycles. The first-order valence-electron chi connectivity index (χ1n) is 19.6. The van der Waals surface area contributed by atoms with Crippen molar-refractivity contribution in [3.05, 3.63) is 72.3 Å². The number of aliphatic imine (C=N–C) groups is 1. The van der Waals surface area contributed by atoms with Gasteiger partial charge in [-0.15, -0.1) is 0 Å². The Hall–Kier alpha value is -5.46. The van der Waals surface area contributed by atoms with E-state index in [-0.39, 0.29) is 35.7 Å². The first-order chi connectivity index (χ1) is 26.7. The van der Waals surface area contributed by atoms with Gasteiger partial charge in [-0.3, -0.25) is 14.6 Å². The van der Waals surface area contributed by atoms with Gasteiger partial charge >= 0.3 is 12.2 Å². The number of carbonyl (C=O) groups excluding carboxylic acids is 4. The summed E-state index contributed by atoms with van der Waals surface area (Å²) in [6.07, 6.45) is 6.45. The fourth-order valence-corrected chi connectivity index (χ4v) is 7.86. The summed E-state index contributed by atoms with van der Waals surface area (Å²) in [5.41, 5.74) is 4.94. The third kappa shape index (κ3) is 7.81. The third-order valence-electron chi connectivity index (χ3n) is 12.2. The average molecular weight is 766 g/mol. The van der Waals surface area contributed by atoms with Crippen LogP contribution in [0, 0.1) is 11.8 Å². The van der Waals surface area contributed by atoms with Gasteiger partial charge in [0.05, 0.1) is 38.2 Å². The summed E-state index contributed by atoms with van der Waals surface area (Å²) in [5.74, 6) is 0.157. The number of aromatic nitrogens is 2. The molecule has 13 nitrogen and oxygen atoms in total. The van der Waals surface area contributed by atoms with Gasteiger partial charge in [-0.2, -0.15) is 0 Å². The van der Waals surface area contributed by atoms with Gasteiger partial charge < -0.3 is 34.9 Å². The molecule has 0 radical (unpaired) electrons. The number of hydrogen-bond acceptors (Lipinski definition) is 8. The lowest BCUT2D eigenvalue weighted by atomic mass is 9.86. The minimum Gasteiger partial charge on any atom is -0.453 e. The quantitative estimate of drug-likeness (QED) is 0.188. The minimum atomic E-state index is -1.12. The molecule has 4 heterocycles. The van der Waals surface area contributed by atoms with E-state index in [1.165, 1.54) is 14.2 Å². The maximum atomic E-state index is 13.9. The molecule has 56 heavy (non-hydrogen) atoms. The SMILES string of the molecule is COC(=O)N[C@](C)(C(=O)N1CCCC1c1ncc(-c2ccc(-c3ccc(C4=CN=C([C@@H]5CCCN5C(=O)[C@@](C)(NC(=O)OC)C(C)C)C4)cc3)cc2)[nH]1)C(C)C. The number of imidazole rings is 1. The first kappa shape index (κ1) is 40.2. The molecule has 0 aliphatic carbocycles. The number of allylic oxidation sites excluding steroid dienone is 1. The van der Waals surface area contributed by atoms with Crippen molar-refractivity contribution in [3.63, 3.8) is 0 Å². The van der Waals surface area contributed by atoms with Crippen LogP contribution in [-0.4, -0.2) is 93.9 Å². The van der Waals surface area contributed by atoms with Crippen LogP contribution in [0.5, 0.6) is 0 Å². The van der Waals surface area contributed by atoms with E-state index < -0.39 is 23.3 Å². The average Bonchev–Trinajstić information content (AvgIpc) is 4.04. The summed E-state index contributed by atoms with van der Waals surface area (Å²) in [6.45, 7) is 12.4. The highest BCUT2D eigenvalue weighted by molar-refractivity contribution is 6.04. The zero-order valence-electron chi connectivity index (χ0n) is 33.8. The second kappa shape index (κ2) is 16.3. The fraction of sp³-hybridized carbons (Fsp3) is 0.488. The molecule has 3 N–H and O–H groups in total. The maximum Gasteiger partial charge on any atom is 0.407 e. The van der Waals surface area contributed by atoms with E-state index in [4.69, 9.17) is 19.5 Å². The Morgan fingerprint density at radius 3 is 1.70 bits per heavy atom. The van der Waals surface area contributed by atoms with E-state index in [0.717, 1.165) is 70.7 Å². The number of methoxy groups -OCH3 is 2. The van der Waals surface area contributed by atoms with Gasteiger partial charge in [0, 0.05) is 31.4 Å². The van der Waals surface area contributed by atoms with Crippen molar-refractivity contribution in [1.82, 2.24) is 30.4 Å². The van der Waals surface area contributed by atoms with Crippen LogP contribution < -0.4 is 10.6 Å². The van der Waals surface area contributed by atoms with E-state index in [1.807, 2.05) is 49.9 Å². The molecule has 2 aromatic carbocycles. The molecule has 3 aliphatic rings. The molecule has 2 fully saturated rings. The topological polar surface area (TPSA) is 158 Å². The molecular weight excluding hydrogens is 711 g/mol. The predicted octanol–water partition coefficient (Wildman–Crippen LogP) is 7.13. The number of rotatable bonds is 11. The molecule has 0 bridgehead atoms. The van der Waals surface area contributed by atoms with Crippen LogP contribution in [0.4, 0.5) is 9.59 Å². The van der Waals surface area contributed by atoms with E-state index in [9.17, 15) is 19.2 Å². The van der Waals surface area contributed by atoms with E-state index in [1.54, 1.807) is 13.8 Å². The van der Waals surface area contributed by atoms with Crippen LogP contribution in [0.2, 0.25) is 0 Å². The Labute approximate surface area is 329 Å². The molecule has 1 aromatic heterocycles. The van der Waals surface area contributed by atoms with Crippen molar-refractivity contribution in [2.45, 2.75) is 96.8 Å². The summed E-state index contributed by atoms with van der Waals surface area (Å²) < 4.78 is 9.65. The second-order valence-electron chi connectivity index (χ2n) is 16.0. The van der Waals surface area contributed by atoms with Crippen LogP contribution in [0.1, 0.15) is 91.1 Å². The van der Waals surface area contributed by atoms with Crippen LogP contribution in [0.25, 0.3) is 28.0 Å². The number of carbonyl (C=O) groups is 4. The Bertz CT molecular complexity index is 2000. The molecule has 1 unspecified atom stereocenters. The maximum absolute atomic E-state index is 13.9. The Kier molecular flexibility index (Phi) is 11.7. The largest absolute Gasteiger partial charge is 0.453 e. The number of nitrogens with one attached hydrogen (secondary N) is 3. The number of H-pyrrole nitrogens is 1. The van der Waals surface area contributed by atoms with Crippen LogP contribution in [0.3, 0.4) is 0 Å².